The Morgan fingerprint density at radius 1 is 0.828 bits per heavy atom. The number of anilines is 4. The van der Waals surface area contributed by atoms with Crippen LogP contribution in [0, 0.1) is 20.8 Å². The summed E-state index contributed by atoms with van der Waals surface area (Å²) in [6.07, 6.45) is 1.64. The van der Waals surface area contributed by atoms with Gasteiger partial charge < -0.3 is 16.0 Å². The first-order valence-corrected chi connectivity index (χ1v) is 9.32. The molecule has 2 aromatic carbocycles. The molecule has 3 rings (SSSR count). The van der Waals surface area contributed by atoms with Crippen molar-refractivity contribution in [2.75, 3.05) is 16.0 Å². The van der Waals surface area contributed by atoms with Crippen molar-refractivity contribution in [3.63, 3.8) is 0 Å². The summed E-state index contributed by atoms with van der Waals surface area (Å²) in [5.74, 6) is -0.489. The van der Waals surface area contributed by atoms with Gasteiger partial charge in [0.15, 0.2) is 0 Å². The van der Waals surface area contributed by atoms with E-state index in [1.807, 2.05) is 6.07 Å². The number of nitrogens with zero attached hydrogens (tertiary/aromatic N) is 1. The van der Waals surface area contributed by atoms with Gasteiger partial charge in [-0.05, 0) is 62.2 Å². The number of carbonyl (C=O) groups is 2. The van der Waals surface area contributed by atoms with Gasteiger partial charge in [-0.2, -0.15) is 0 Å². The highest BCUT2D eigenvalue weighted by Gasteiger charge is 2.10. The lowest BCUT2D eigenvalue weighted by Crippen LogP contribution is -2.14. The average Bonchev–Trinajstić information content (AvgIpc) is 2.65. The van der Waals surface area contributed by atoms with E-state index in [2.05, 4.69) is 53.8 Å². The van der Waals surface area contributed by atoms with E-state index < -0.39 is 0 Å². The Labute approximate surface area is 170 Å². The van der Waals surface area contributed by atoms with Gasteiger partial charge in [0.25, 0.3) is 5.91 Å². The molecule has 3 aromatic rings. The molecule has 0 unspecified atom stereocenters. The van der Waals surface area contributed by atoms with Crippen LogP contribution in [-0.4, -0.2) is 16.8 Å². The predicted octanol–water partition coefficient (Wildman–Crippen LogP) is 4.96. The number of rotatable bonds is 5. The zero-order valence-corrected chi connectivity index (χ0v) is 17.0. The largest absolute Gasteiger partial charge is 0.354 e. The molecule has 1 aromatic heterocycles. The summed E-state index contributed by atoms with van der Waals surface area (Å²) in [5, 5.41) is 8.85. The lowest BCUT2D eigenvalue weighted by molar-refractivity contribution is -0.114. The Morgan fingerprint density at radius 3 is 2.07 bits per heavy atom. The molecule has 0 atom stereocenters. The first-order chi connectivity index (χ1) is 13.8. The van der Waals surface area contributed by atoms with Crippen LogP contribution in [0.2, 0.25) is 0 Å². The van der Waals surface area contributed by atoms with Crippen LogP contribution in [0.4, 0.5) is 22.7 Å². The van der Waals surface area contributed by atoms with Crippen molar-refractivity contribution in [3.05, 3.63) is 77.1 Å². The Morgan fingerprint density at radius 2 is 1.48 bits per heavy atom. The molecule has 6 heteroatoms. The van der Waals surface area contributed by atoms with Gasteiger partial charge in [-0.3, -0.25) is 9.59 Å². The molecule has 6 nitrogen and oxygen atoms in total. The van der Waals surface area contributed by atoms with E-state index in [0.29, 0.717) is 17.1 Å². The van der Waals surface area contributed by atoms with Gasteiger partial charge in [-0.1, -0.05) is 23.8 Å². The standard InChI is InChI=1S/C23H24N4O2/c1-14-10-15(2)22(16(3)11-14)26-20-8-9-21(24-13-20)23(29)27-19-7-5-6-18(12-19)25-17(4)28/h5-13,26H,1-4H3,(H,25,28)(H,27,29). The maximum absolute atomic E-state index is 12.5. The van der Waals surface area contributed by atoms with Gasteiger partial charge in [0, 0.05) is 24.0 Å². The fourth-order valence-electron chi connectivity index (χ4n) is 3.20. The molecule has 0 aliphatic heterocycles. The van der Waals surface area contributed by atoms with Gasteiger partial charge in [0.2, 0.25) is 5.91 Å². The Hall–Kier alpha value is -3.67. The van der Waals surface area contributed by atoms with Crippen LogP contribution >= 0.6 is 0 Å². The summed E-state index contributed by atoms with van der Waals surface area (Å²) in [6.45, 7) is 7.63. The molecule has 0 aliphatic carbocycles. The Bertz CT molecular complexity index is 1040. The summed E-state index contributed by atoms with van der Waals surface area (Å²) < 4.78 is 0. The lowest BCUT2D eigenvalue weighted by Gasteiger charge is -2.14. The van der Waals surface area contributed by atoms with Gasteiger partial charge in [-0.25, -0.2) is 4.98 Å². The van der Waals surface area contributed by atoms with E-state index in [9.17, 15) is 9.59 Å². The molecule has 0 spiro atoms. The second kappa shape index (κ2) is 8.56. The first kappa shape index (κ1) is 20.1. The van der Waals surface area contributed by atoms with Crippen molar-refractivity contribution in [1.29, 1.82) is 0 Å². The van der Waals surface area contributed by atoms with Crippen molar-refractivity contribution in [2.45, 2.75) is 27.7 Å². The molecule has 148 valence electrons. The molecule has 3 N–H and O–H groups in total. The highest BCUT2D eigenvalue weighted by Crippen LogP contribution is 2.25. The van der Waals surface area contributed by atoms with E-state index in [1.54, 1.807) is 36.5 Å². The molecule has 0 fully saturated rings. The molecular formula is C23H24N4O2. The zero-order valence-electron chi connectivity index (χ0n) is 17.0. The van der Waals surface area contributed by atoms with Crippen molar-refractivity contribution in [1.82, 2.24) is 4.98 Å². The van der Waals surface area contributed by atoms with Gasteiger partial charge in [0.1, 0.15) is 5.69 Å². The molecule has 0 bridgehead atoms. The van der Waals surface area contributed by atoms with Crippen molar-refractivity contribution in [3.8, 4) is 0 Å². The number of aromatic nitrogens is 1. The van der Waals surface area contributed by atoms with Crippen molar-refractivity contribution >= 4 is 34.6 Å². The number of aryl methyl sites for hydroxylation is 3. The van der Waals surface area contributed by atoms with Gasteiger partial charge >= 0.3 is 0 Å². The second-order valence-corrected chi connectivity index (χ2v) is 7.05. The van der Waals surface area contributed by atoms with E-state index in [1.165, 1.54) is 12.5 Å². The zero-order chi connectivity index (χ0) is 21.0. The highest BCUT2D eigenvalue weighted by molar-refractivity contribution is 6.03. The maximum atomic E-state index is 12.5. The van der Waals surface area contributed by atoms with Crippen LogP contribution in [0.5, 0.6) is 0 Å². The quantitative estimate of drug-likeness (QED) is 0.577. The SMILES string of the molecule is CC(=O)Nc1cccc(NC(=O)c2ccc(Nc3c(C)cc(C)cc3C)cn2)c1. The Kier molecular flexibility index (Phi) is 5.93. The number of pyridine rings is 1. The molecule has 1 heterocycles. The normalized spacial score (nSPS) is 10.3. The molecule has 0 saturated heterocycles. The van der Waals surface area contributed by atoms with Gasteiger partial charge in [0.05, 0.1) is 11.9 Å². The molecule has 2 amide bonds. The maximum Gasteiger partial charge on any atom is 0.274 e. The lowest BCUT2D eigenvalue weighted by atomic mass is 10.0. The molecule has 0 radical (unpaired) electrons. The van der Waals surface area contributed by atoms with Crippen LogP contribution in [-0.2, 0) is 4.79 Å². The smallest absolute Gasteiger partial charge is 0.274 e. The molecular weight excluding hydrogens is 364 g/mol. The first-order valence-electron chi connectivity index (χ1n) is 9.32. The number of benzene rings is 2. The monoisotopic (exact) mass is 388 g/mol. The van der Waals surface area contributed by atoms with Crippen molar-refractivity contribution in [2.24, 2.45) is 0 Å². The van der Waals surface area contributed by atoms with Crippen molar-refractivity contribution < 1.29 is 9.59 Å². The third-order valence-corrected chi connectivity index (χ3v) is 4.38. The predicted molar refractivity (Wildman–Crippen MR) is 117 cm³/mol. The number of amides is 2. The second-order valence-electron chi connectivity index (χ2n) is 7.05. The van der Waals surface area contributed by atoms with E-state index in [0.717, 1.165) is 22.5 Å². The van der Waals surface area contributed by atoms with Crippen LogP contribution in [0.1, 0.15) is 34.1 Å². The highest BCUT2D eigenvalue weighted by atomic mass is 16.2. The minimum absolute atomic E-state index is 0.169. The number of hydrogen-bond acceptors (Lipinski definition) is 4. The molecule has 0 aliphatic rings. The third-order valence-electron chi connectivity index (χ3n) is 4.38. The van der Waals surface area contributed by atoms with Crippen LogP contribution in [0.25, 0.3) is 0 Å². The van der Waals surface area contributed by atoms with Crippen LogP contribution in [0.15, 0.2) is 54.7 Å². The van der Waals surface area contributed by atoms with E-state index >= 15 is 0 Å². The number of nitrogens with one attached hydrogen (secondary N) is 3. The number of carbonyl (C=O) groups excluding carboxylic acids is 2. The van der Waals surface area contributed by atoms with E-state index in [-0.39, 0.29) is 11.8 Å². The van der Waals surface area contributed by atoms with E-state index in [4.69, 9.17) is 0 Å². The van der Waals surface area contributed by atoms with Gasteiger partial charge in [-0.15, -0.1) is 0 Å². The molecule has 0 saturated carbocycles. The summed E-state index contributed by atoms with van der Waals surface area (Å²) in [5.41, 5.74) is 6.89. The fourth-order valence-corrected chi connectivity index (χ4v) is 3.20. The molecule has 29 heavy (non-hydrogen) atoms. The Balaban J connectivity index is 1.70. The number of hydrogen-bond donors (Lipinski definition) is 3. The van der Waals surface area contributed by atoms with Crippen LogP contribution in [0.3, 0.4) is 0 Å². The topological polar surface area (TPSA) is 83.1 Å². The summed E-state index contributed by atoms with van der Waals surface area (Å²) in [6, 6.07) is 14.7. The van der Waals surface area contributed by atoms with Crippen LogP contribution < -0.4 is 16.0 Å². The summed E-state index contributed by atoms with van der Waals surface area (Å²) in [7, 11) is 0. The fraction of sp³-hybridized carbons (Fsp3) is 0.174. The minimum Gasteiger partial charge on any atom is -0.354 e. The summed E-state index contributed by atoms with van der Waals surface area (Å²) in [4.78, 5) is 27.9. The average molecular weight is 388 g/mol. The minimum atomic E-state index is -0.320. The summed E-state index contributed by atoms with van der Waals surface area (Å²) >= 11 is 0. The third kappa shape index (κ3) is 5.19.